The van der Waals surface area contributed by atoms with Crippen molar-refractivity contribution in [2.45, 2.75) is 18.4 Å². The molecule has 0 spiro atoms. The maximum Gasteiger partial charge on any atom is 0.291 e. The highest BCUT2D eigenvalue weighted by Crippen LogP contribution is 2.31. The molecule has 0 unspecified atom stereocenters. The van der Waals surface area contributed by atoms with Crippen LogP contribution in [0.15, 0.2) is 42.5 Å². The third kappa shape index (κ3) is 2.94. The first kappa shape index (κ1) is 15.6. The largest absolute Gasteiger partial charge is 0.391 e. The number of fused-ring (bicyclic) bond motifs is 1. The number of hydrogen-bond acceptors (Lipinski definition) is 5. The fourth-order valence-electron chi connectivity index (χ4n) is 3.46. The van der Waals surface area contributed by atoms with Gasteiger partial charge in [-0.3, -0.25) is 9.89 Å². The first-order valence-corrected chi connectivity index (χ1v) is 8.26. The van der Waals surface area contributed by atoms with E-state index in [1.54, 1.807) is 4.90 Å². The van der Waals surface area contributed by atoms with Crippen LogP contribution in [0, 0.1) is 0 Å². The predicted molar refractivity (Wildman–Crippen MR) is 94.0 cm³/mol. The molecular formula is C18H19N5O2. The topological polar surface area (TPSA) is 108 Å². The number of nitrogen functional groups attached to an aromatic ring is 1. The highest BCUT2D eigenvalue weighted by atomic mass is 16.3. The van der Waals surface area contributed by atoms with Gasteiger partial charge in [-0.25, -0.2) is 0 Å². The predicted octanol–water partition coefficient (Wildman–Crippen LogP) is 1.53. The Labute approximate surface area is 144 Å². The molecule has 1 fully saturated rings. The van der Waals surface area contributed by atoms with Crippen molar-refractivity contribution >= 4 is 22.6 Å². The molecule has 1 amide bonds. The van der Waals surface area contributed by atoms with Gasteiger partial charge in [-0.15, -0.1) is 5.10 Å². The minimum absolute atomic E-state index is 0.00783. The number of nitrogens with one attached hydrogen (secondary N) is 1. The van der Waals surface area contributed by atoms with E-state index in [4.69, 9.17) is 5.73 Å². The van der Waals surface area contributed by atoms with Crippen molar-refractivity contribution in [1.29, 1.82) is 0 Å². The van der Waals surface area contributed by atoms with Gasteiger partial charge in [-0.1, -0.05) is 42.5 Å². The van der Waals surface area contributed by atoms with Crippen LogP contribution in [0.4, 0.5) is 5.95 Å². The van der Waals surface area contributed by atoms with E-state index in [-0.39, 0.29) is 30.1 Å². The molecule has 1 aliphatic rings. The van der Waals surface area contributed by atoms with Gasteiger partial charge in [0.1, 0.15) is 0 Å². The number of nitrogens with two attached hydrogens (primary N) is 1. The Hall–Kier alpha value is -2.93. The average molecular weight is 337 g/mol. The van der Waals surface area contributed by atoms with Crippen LogP contribution < -0.4 is 5.73 Å². The zero-order valence-electron chi connectivity index (χ0n) is 13.6. The third-order valence-electron chi connectivity index (χ3n) is 4.78. The monoisotopic (exact) mass is 337 g/mol. The summed E-state index contributed by atoms with van der Waals surface area (Å²) in [5.41, 5.74) is 6.54. The van der Waals surface area contributed by atoms with Gasteiger partial charge in [-0.05, 0) is 22.8 Å². The minimum Gasteiger partial charge on any atom is -0.391 e. The number of benzene rings is 2. The van der Waals surface area contributed by atoms with Crippen molar-refractivity contribution in [1.82, 2.24) is 20.1 Å². The van der Waals surface area contributed by atoms with Crippen LogP contribution in [0.25, 0.3) is 10.8 Å². The number of carbonyl (C=O) groups excluding carboxylic acids is 1. The zero-order valence-corrected chi connectivity index (χ0v) is 13.6. The molecule has 4 N–H and O–H groups in total. The van der Waals surface area contributed by atoms with Gasteiger partial charge in [0.15, 0.2) is 0 Å². The van der Waals surface area contributed by atoms with E-state index in [0.29, 0.717) is 13.0 Å². The summed E-state index contributed by atoms with van der Waals surface area (Å²) >= 11 is 0. The number of aromatic nitrogens is 3. The highest BCUT2D eigenvalue weighted by molar-refractivity contribution is 5.90. The second-order valence-corrected chi connectivity index (χ2v) is 6.36. The second kappa shape index (κ2) is 6.18. The van der Waals surface area contributed by atoms with Gasteiger partial charge in [0.2, 0.25) is 11.8 Å². The molecule has 0 bridgehead atoms. The first-order chi connectivity index (χ1) is 12.1. The fourth-order valence-corrected chi connectivity index (χ4v) is 3.46. The van der Waals surface area contributed by atoms with E-state index in [0.717, 1.165) is 10.9 Å². The van der Waals surface area contributed by atoms with Gasteiger partial charge < -0.3 is 15.7 Å². The summed E-state index contributed by atoms with van der Waals surface area (Å²) in [6, 6.07) is 14.4. The Morgan fingerprint density at radius 3 is 2.76 bits per heavy atom. The number of β-amino-alcohol motifs (C(OH)–C–C–N with tert-alkyl or cyclic N) is 1. The van der Waals surface area contributed by atoms with Gasteiger partial charge in [0, 0.05) is 19.0 Å². The number of H-pyrrole nitrogens is 1. The van der Waals surface area contributed by atoms with E-state index in [1.807, 2.05) is 12.1 Å². The number of aliphatic hydroxyl groups is 1. The van der Waals surface area contributed by atoms with Crippen molar-refractivity contribution in [2.75, 3.05) is 18.8 Å². The Kier molecular flexibility index (Phi) is 3.85. The van der Waals surface area contributed by atoms with Gasteiger partial charge in [0.25, 0.3) is 5.91 Å². The lowest BCUT2D eigenvalue weighted by atomic mass is 9.86. The van der Waals surface area contributed by atoms with Crippen molar-refractivity contribution in [3.05, 3.63) is 53.9 Å². The highest BCUT2D eigenvalue weighted by Gasteiger charge is 2.32. The summed E-state index contributed by atoms with van der Waals surface area (Å²) in [5, 5.41) is 19.1. The summed E-state index contributed by atoms with van der Waals surface area (Å²) in [6.07, 6.45) is 0.0635. The Morgan fingerprint density at radius 2 is 2.04 bits per heavy atom. The molecule has 1 saturated heterocycles. The molecule has 0 radical (unpaired) electrons. The lowest BCUT2D eigenvalue weighted by Crippen LogP contribution is -2.46. The van der Waals surface area contributed by atoms with E-state index >= 15 is 0 Å². The number of rotatable bonds is 2. The van der Waals surface area contributed by atoms with Crippen LogP contribution >= 0.6 is 0 Å². The first-order valence-electron chi connectivity index (χ1n) is 8.26. The fraction of sp³-hybridized carbons (Fsp3) is 0.278. The molecule has 2 aromatic carbocycles. The zero-order chi connectivity index (χ0) is 17.4. The molecule has 4 rings (SSSR count). The summed E-state index contributed by atoms with van der Waals surface area (Å²) < 4.78 is 0. The maximum atomic E-state index is 12.4. The molecule has 128 valence electrons. The van der Waals surface area contributed by atoms with Crippen molar-refractivity contribution in [2.24, 2.45) is 0 Å². The van der Waals surface area contributed by atoms with Gasteiger partial charge >= 0.3 is 0 Å². The summed E-state index contributed by atoms with van der Waals surface area (Å²) in [4.78, 5) is 17.8. The van der Waals surface area contributed by atoms with E-state index in [1.165, 1.54) is 5.39 Å². The standard InChI is InChI=1S/C18H19N5O2/c19-18-20-16(21-22-18)17(25)23-8-7-14(15(24)10-23)13-6-5-11-3-1-2-4-12(11)9-13/h1-6,9,14-15,24H,7-8,10H2,(H3,19,20,21,22)/t14-,15+/m0/s1. The molecule has 0 aliphatic carbocycles. The number of amides is 1. The molecular weight excluding hydrogens is 318 g/mol. The SMILES string of the molecule is Nc1n[nH]c(C(=O)N2CC[C@@H](c3ccc4ccccc4c3)[C@H](O)C2)n1. The number of aliphatic hydroxyl groups excluding tert-OH is 1. The number of anilines is 1. The molecule has 1 aliphatic heterocycles. The second-order valence-electron chi connectivity index (χ2n) is 6.36. The molecule has 0 saturated carbocycles. The molecule has 7 heteroatoms. The molecule has 1 aromatic heterocycles. The number of likely N-dealkylation sites (tertiary alicyclic amines) is 1. The van der Waals surface area contributed by atoms with Crippen LogP contribution in [-0.2, 0) is 0 Å². The average Bonchev–Trinajstić information content (AvgIpc) is 3.07. The van der Waals surface area contributed by atoms with Crippen LogP contribution in [-0.4, -0.2) is 50.3 Å². The normalized spacial score (nSPS) is 20.8. The maximum absolute atomic E-state index is 12.4. The molecule has 25 heavy (non-hydrogen) atoms. The van der Waals surface area contributed by atoms with Crippen molar-refractivity contribution in [3.8, 4) is 0 Å². The number of carbonyl (C=O) groups is 1. The Bertz CT molecular complexity index is 922. The smallest absolute Gasteiger partial charge is 0.291 e. The quantitative estimate of drug-likeness (QED) is 0.657. The van der Waals surface area contributed by atoms with Crippen LogP contribution in [0.3, 0.4) is 0 Å². The number of aromatic amines is 1. The third-order valence-corrected chi connectivity index (χ3v) is 4.78. The lowest BCUT2D eigenvalue weighted by Gasteiger charge is -2.35. The molecule has 2 heterocycles. The lowest BCUT2D eigenvalue weighted by molar-refractivity contribution is 0.0374. The van der Waals surface area contributed by atoms with Crippen molar-refractivity contribution < 1.29 is 9.90 Å². The van der Waals surface area contributed by atoms with E-state index in [2.05, 4.69) is 45.5 Å². The van der Waals surface area contributed by atoms with Crippen molar-refractivity contribution in [3.63, 3.8) is 0 Å². The van der Waals surface area contributed by atoms with Gasteiger partial charge in [0.05, 0.1) is 6.10 Å². The summed E-state index contributed by atoms with van der Waals surface area (Å²) in [5.74, 6) is -0.141. The summed E-state index contributed by atoms with van der Waals surface area (Å²) in [6.45, 7) is 0.810. The number of nitrogens with zero attached hydrogens (tertiary/aromatic N) is 3. The minimum atomic E-state index is -0.626. The van der Waals surface area contributed by atoms with E-state index in [9.17, 15) is 9.90 Å². The molecule has 3 aromatic rings. The Morgan fingerprint density at radius 1 is 1.24 bits per heavy atom. The van der Waals surface area contributed by atoms with E-state index < -0.39 is 6.10 Å². The number of piperidine rings is 1. The Balaban J connectivity index is 1.51. The van der Waals surface area contributed by atoms with Gasteiger partial charge in [-0.2, -0.15) is 4.98 Å². The van der Waals surface area contributed by atoms with Crippen LogP contribution in [0.1, 0.15) is 28.5 Å². The molecule has 2 atom stereocenters. The van der Waals surface area contributed by atoms with Crippen LogP contribution in [0.5, 0.6) is 0 Å². The van der Waals surface area contributed by atoms with Crippen LogP contribution in [0.2, 0.25) is 0 Å². The molecule has 7 nitrogen and oxygen atoms in total. The summed E-state index contributed by atoms with van der Waals surface area (Å²) in [7, 11) is 0. The number of hydrogen-bond donors (Lipinski definition) is 3.